The molecule has 0 amide bonds. The number of esters is 1. The minimum Gasteiger partial charge on any atom is -0.546 e. The van der Waals surface area contributed by atoms with E-state index in [4.69, 9.17) is 9.16 Å². The minimum absolute atomic E-state index is 0.0874. The molecule has 0 aliphatic heterocycles. The van der Waals surface area contributed by atoms with Gasteiger partial charge in [0.2, 0.25) is 8.32 Å². The standard InChI is InChI=1S/C27H46O4Si/c1-8-9-10-11-12-16-19-23-22(18-15-13-14-17-20-26(29)30-5)24(28)21-25(23)31-32(6,7)27(2,3)4/h16,18-19H,8-15,17,20-21H2,1-7H3. The molecule has 0 saturated carbocycles. The molecule has 0 fully saturated rings. The molecule has 0 bridgehead atoms. The number of allylic oxidation sites excluding steroid dienone is 6. The molecule has 1 aliphatic rings. The fourth-order valence-electron chi connectivity index (χ4n) is 3.42. The number of Topliss-reactive ketones (excluding diaryl/α,β-unsaturated/α-hetero) is 1. The molecule has 4 nitrogen and oxygen atoms in total. The van der Waals surface area contributed by atoms with E-state index in [0.29, 0.717) is 12.8 Å². The second kappa shape index (κ2) is 13.8. The summed E-state index contributed by atoms with van der Waals surface area (Å²) in [6.07, 6.45) is 16.8. The van der Waals surface area contributed by atoms with Crippen molar-refractivity contribution in [3.8, 4) is 0 Å². The highest BCUT2D eigenvalue weighted by atomic mass is 28.4. The minimum atomic E-state index is -2.01. The monoisotopic (exact) mass is 462 g/mol. The quantitative estimate of drug-likeness (QED) is 0.114. The number of hydrogen-bond acceptors (Lipinski definition) is 4. The Kier molecular flexibility index (Phi) is 12.3. The third-order valence-electron chi connectivity index (χ3n) is 6.57. The maximum atomic E-state index is 12.9. The predicted molar refractivity (Wildman–Crippen MR) is 136 cm³/mol. The first-order valence-corrected chi connectivity index (χ1v) is 15.3. The molecule has 0 spiro atoms. The van der Waals surface area contributed by atoms with E-state index in [1.807, 2.05) is 0 Å². The summed E-state index contributed by atoms with van der Waals surface area (Å²) in [5.74, 6) is 0.873. The van der Waals surface area contributed by atoms with Gasteiger partial charge in [-0.1, -0.05) is 71.6 Å². The number of rotatable bonds is 14. The summed E-state index contributed by atoms with van der Waals surface area (Å²) in [5, 5.41) is 0.0874. The number of unbranched alkanes of at least 4 members (excludes halogenated alkanes) is 7. The van der Waals surface area contributed by atoms with E-state index in [9.17, 15) is 9.59 Å². The highest BCUT2D eigenvalue weighted by Gasteiger charge is 2.41. The summed E-state index contributed by atoms with van der Waals surface area (Å²) in [4.78, 5) is 24.1. The number of carbonyl (C=O) groups excluding carboxylic acids is 2. The van der Waals surface area contributed by atoms with Crippen molar-refractivity contribution in [2.24, 2.45) is 0 Å². The molecule has 5 heteroatoms. The lowest BCUT2D eigenvalue weighted by Gasteiger charge is -2.37. The molecule has 0 unspecified atom stereocenters. The summed E-state index contributed by atoms with van der Waals surface area (Å²) < 4.78 is 11.3. The Labute approximate surface area is 197 Å². The fourth-order valence-corrected chi connectivity index (χ4v) is 4.53. The molecule has 0 atom stereocenters. The summed E-state index contributed by atoms with van der Waals surface area (Å²) in [6.45, 7) is 13.4. The third kappa shape index (κ3) is 9.48. The van der Waals surface area contributed by atoms with Crippen LogP contribution in [0.1, 0.15) is 98.3 Å². The first-order chi connectivity index (χ1) is 15.0. The van der Waals surface area contributed by atoms with Crippen LogP contribution in [0.4, 0.5) is 0 Å². The lowest BCUT2D eigenvalue weighted by atomic mass is 10.0. The van der Waals surface area contributed by atoms with Gasteiger partial charge < -0.3 is 9.16 Å². The largest absolute Gasteiger partial charge is 0.546 e. The van der Waals surface area contributed by atoms with Gasteiger partial charge in [0.25, 0.3) is 0 Å². The van der Waals surface area contributed by atoms with E-state index in [1.54, 1.807) is 0 Å². The molecule has 0 aromatic rings. The zero-order valence-corrected chi connectivity index (χ0v) is 22.6. The first kappa shape index (κ1) is 28.4. The van der Waals surface area contributed by atoms with Crippen LogP contribution in [0.5, 0.6) is 0 Å². The van der Waals surface area contributed by atoms with Crippen molar-refractivity contribution in [2.45, 2.75) is 116 Å². The smallest absolute Gasteiger partial charge is 0.305 e. The first-order valence-electron chi connectivity index (χ1n) is 12.4. The van der Waals surface area contributed by atoms with Gasteiger partial charge >= 0.3 is 5.97 Å². The number of ether oxygens (including phenoxy) is 1. The number of carbonyl (C=O) groups is 2. The lowest BCUT2D eigenvalue weighted by Crippen LogP contribution is -2.40. The summed E-state index contributed by atoms with van der Waals surface area (Å²) in [6, 6.07) is 0. The zero-order chi connectivity index (χ0) is 24.2. The van der Waals surface area contributed by atoms with Gasteiger partial charge in [-0.2, -0.15) is 0 Å². The molecule has 0 aromatic heterocycles. The van der Waals surface area contributed by atoms with Crippen LogP contribution in [-0.4, -0.2) is 27.2 Å². The van der Waals surface area contributed by atoms with Crippen LogP contribution < -0.4 is 0 Å². The van der Waals surface area contributed by atoms with Crippen molar-refractivity contribution in [1.82, 2.24) is 0 Å². The van der Waals surface area contributed by atoms with Gasteiger partial charge in [0.1, 0.15) is 0 Å². The Morgan fingerprint density at radius 3 is 2.31 bits per heavy atom. The van der Waals surface area contributed by atoms with Gasteiger partial charge in [-0.25, -0.2) is 0 Å². The molecule has 32 heavy (non-hydrogen) atoms. The second-order valence-electron chi connectivity index (χ2n) is 10.3. The van der Waals surface area contributed by atoms with Crippen LogP contribution in [0, 0.1) is 0 Å². The molecular weight excluding hydrogens is 416 g/mol. The molecule has 0 N–H and O–H groups in total. The molecule has 0 saturated heterocycles. The van der Waals surface area contributed by atoms with Crippen LogP contribution in [0.2, 0.25) is 18.1 Å². The number of hydrogen-bond donors (Lipinski definition) is 0. The maximum Gasteiger partial charge on any atom is 0.305 e. The van der Waals surface area contributed by atoms with Crippen molar-refractivity contribution in [3.05, 3.63) is 35.1 Å². The van der Waals surface area contributed by atoms with Gasteiger partial charge in [-0.05, 0) is 50.2 Å². The summed E-state index contributed by atoms with van der Waals surface area (Å²) >= 11 is 0. The molecule has 0 aromatic carbocycles. The van der Waals surface area contributed by atoms with Crippen LogP contribution in [0.25, 0.3) is 0 Å². The molecule has 0 radical (unpaired) electrons. The Balaban J connectivity index is 2.91. The number of methoxy groups -OCH3 is 1. The number of ketones is 1. The summed E-state index contributed by atoms with van der Waals surface area (Å²) in [7, 11) is -0.591. The lowest BCUT2D eigenvalue weighted by molar-refractivity contribution is -0.140. The normalized spacial score (nSPS) is 16.5. The molecule has 182 valence electrons. The van der Waals surface area contributed by atoms with Crippen LogP contribution >= 0.6 is 0 Å². The Morgan fingerprint density at radius 1 is 1.03 bits per heavy atom. The second-order valence-corrected chi connectivity index (χ2v) is 15.1. The Bertz CT molecular complexity index is 708. The van der Waals surface area contributed by atoms with Crippen molar-refractivity contribution in [3.63, 3.8) is 0 Å². The van der Waals surface area contributed by atoms with Crippen molar-refractivity contribution in [2.75, 3.05) is 7.11 Å². The summed E-state index contributed by atoms with van der Waals surface area (Å²) in [5.41, 5.74) is 1.81. The van der Waals surface area contributed by atoms with Gasteiger partial charge in [0.15, 0.2) is 5.78 Å². The average Bonchev–Trinajstić information content (AvgIpc) is 2.99. The van der Waals surface area contributed by atoms with Gasteiger partial charge in [0, 0.05) is 17.6 Å². The Morgan fingerprint density at radius 2 is 1.69 bits per heavy atom. The van der Waals surface area contributed by atoms with Gasteiger partial charge in [0.05, 0.1) is 19.3 Å². The van der Waals surface area contributed by atoms with Gasteiger partial charge in [-0.3, -0.25) is 9.59 Å². The van der Waals surface area contributed by atoms with E-state index < -0.39 is 8.32 Å². The van der Waals surface area contributed by atoms with Crippen molar-refractivity contribution in [1.29, 1.82) is 0 Å². The van der Waals surface area contributed by atoms with E-state index in [-0.39, 0.29) is 16.8 Å². The molecule has 1 aliphatic carbocycles. The Hall–Kier alpha value is -1.62. The van der Waals surface area contributed by atoms with Crippen LogP contribution in [-0.2, 0) is 18.8 Å². The average molecular weight is 463 g/mol. The van der Waals surface area contributed by atoms with E-state index >= 15 is 0 Å². The van der Waals surface area contributed by atoms with E-state index in [0.717, 1.165) is 49.0 Å². The third-order valence-corrected chi connectivity index (χ3v) is 10.9. The predicted octanol–water partition coefficient (Wildman–Crippen LogP) is 7.81. The molecule has 0 heterocycles. The fraction of sp³-hybridized carbons (Fsp3) is 0.704. The van der Waals surface area contributed by atoms with E-state index in [2.05, 4.69) is 59.0 Å². The van der Waals surface area contributed by atoms with Crippen LogP contribution in [0.3, 0.4) is 0 Å². The molecular formula is C27H46O4Si. The van der Waals surface area contributed by atoms with Crippen molar-refractivity contribution < 1.29 is 18.8 Å². The SMILES string of the molecule is CCCCCCC=CC1=C(O[Si](C)(C)C(C)(C)C)CC(=O)C1=CCCCCCC(=O)OC. The molecule has 1 rings (SSSR count). The highest BCUT2D eigenvalue weighted by molar-refractivity contribution is 6.74. The van der Waals surface area contributed by atoms with Gasteiger partial charge in [-0.15, -0.1) is 0 Å². The maximum absolute atomic E-state index is 12.9. The van der Waals surface area contributed by atoms with E-state index in [1.165, 1.54) is 32.8 Å². The highest BCUT2D eigenvalue weighted by Crippen LogP contribution is 2.41. The van der Waals surface area contributed by atoms with Crippen molar-refractivity contribution >= 4 is 20.1 Å². The topological polar surface area (TPSA) is 52.6 Å². The van der Waals surface area contributed by atoms with Crippen LogP contribution in [0.15, 0.2) is 35.1 Å². The zero-order valence-electron chi connectivity index (χ0n) is 21.6.